The van der Waals surface area contributed by atoms with Crippen LogP contribution in [0.25, 0.3) is 0 Å². The molecule has 5 heteroatoms. The van der Waals surface area contributed by atoms with Crippen molar-refractivity contribution in [1.29, 1.82) is 0 Å². The summed E-state index contributed by atoms with van der Waals surface area (Å²) in [5, 5.41) is 9.25. The highest BCUT2D eigenvalue weighted by Crippen LogP contribution is 2.34. The van der Waals surface area contributed by atoms with Gasteiger partial charge in [-0.05, 0) is 39.0 Å². The Balaban J connectivity index is 2.73. The van der Waals surface area contributed by atoms with Crippen molar-refractivity contribution in [3.8, 4) is 0 Å². The zero-order chi connectivity index (χ0) is 13.9. The zero-order valence-electron chi connectivity index (χ0n) is 11.5. The number of rotatable bonds is 4. The maximum atomic E-state index is 12.0. The molecule has 1 heterocycles. The molecule has 0 aromatic rings. The molecule has 0 aliphatic carbocycles. The first-order chi connectivity index (χ1) is 8.30. The number of aliphatic carboxylic acids is 1. The molecule has 0 aromatic heterocycles. The Morgan fingerprint density at radius 1 is 1.50 bits per heavy atom. The van der Waals surface area contributed by atoms with Crippen LogP contribution in [-0.2, 0) is 9.59 Å². The van der Waals surface area contributed by atoms with Gasteiger partial charge in [0.15, 0.2) is 0 Å². The minimum absolute atomic E-state index is 0.00300. The molecular weight excluding hydrogens is 232 g/mol. The monoisotopic (exact) mass is 256 g/mol. The number of likely N-dealkylation sites (tertiary alicyclic amines) is 1. The van der Waals surface area contributed by atoms with Crippen LogP contribution in [-0.4, -0.2) is 41.0 Å². The maximum Gasteiger partial charge on any atom is 0.309 e. The molecule has 1 saturated heterocycles. The largest absolute Gasteiger partial charge is 0.481 e. The van der Waals surface area contributed by atoms with Crippen molar-refractivity contribution in [2.75, 3.05) is 13.1 Å². The summed E-state index contributed by atoms with van der Waals surface area (Å²) >= 11 is 0. The minimum Gasteiger partial charge on any atom is -0.481 e. The fourth-order valence-electron chi connectivity index (χ4n) is 2.35. The van der Waals surface area contributed by atoms with Gasteiger partial charge in [0.05, 0.1) is 11.5 Å². The molecule has 5 nitrogen and oxygen atoms in total. The summed E-state index contributed by atoms with van der Waals surface area (Å²) in [5.41, 5.74) is 4.96. The molecule has 0 saturated carbocycles. The van der Waals surface area contributed by atoms with E-state index in [2.05, 4.69) is 0 Å². The second-order valence-electron chi connectivity index (χ2n) is 5.66. The van der Waals surface area contributed by atoms with Gasteiger partial charge in [-0.3, -0.25) is 9.59 Å². The van der Waals surface area contributed by atoms with Gasteiger partial charge in [0.25, 0.3) is 0 Å². The second kappa shape index (κ2) is 5.69. The van der Waals surface area contributed by atoms with Gasteiger partial charge < -0.3 is 15.7 Å². The quantitative estimate of drug-likeness (QED) is 0.788. The third-order valence-electron chi connectivity index (χ3n) is 4.06. The van der Waals surface area contributed by atoms with E-state index in [4.69, 9.17) is 5.73 Å². The first kappa shape index (κ1) is 15.0. The van der Waals surface area contributed by atoms with Crippen molar-refractivity contribution in [2.24, 2.45) is 17.1 Å². The Bertz CT molecular complexity index is 328. The molecule has 104 valence electrons. The topological polar surface area (TPSA) is 83.6 Å². The summed E-state index contributed by atoms with van der Waals surface area (Å²) in [5.74, 6) is -0.860. The zero-order valence-corrected chi connectivity index (χ0v) is 11.5. The molecule has 0 spiro atoms. The van der Waals surface area contributed by atoms with Crippen LogP contribution in [0.2, 0.25) is 0 Å². The van der Waals surface area contributed by atoms with Crippen LogP contribution in [0.3, 0.4) is 0 Å². The van der Waals surface area contributed by atoms with Gasteiger partial charge in [-0.25, -0.2) is 0 Å². The summed E-state index contributed by atoms with van der Waals surface area (Å²) in [6.07, 6.45) is 2.32. The molecule has 0 radical (unpaired) electrons. The number of hydrogen-bond acceptors (Lipinski definition) is 3. The molecular formula is C13H24N2O3. The number of carboxylic acid groups (broad SMARTS) is 1. The maximum absolute atomic E-state index is 12.0. The number of nitrogens with zero attached hydrogens (tertiary/aromatic N) is 1. The lowest BCUT2D eigenvalue weighted by Gasteiger charge is -2.40. The normalized spacial score (nSPS) is 22.7. The van der Waals surface area contributed by atoms with E-state index < -0.39 is 17.4 Å². The minimum atomic E-state index is -0.804. The fourth-order valence-corrected chi connectivity index (χ4v) is 2.35. The van der Waals surface area contributed by atoms with Gasteiger partial charge in [0, 0.05) is 13.1 Å². The predicted molar refractivity (Wildman–Crippen MR) is 69.0 cm³/mol. The van der Waals surface area contributed by atoms with Gasteiger partial charge in [0.1, 0.15) is 0 Å². The molecule has 1 unspecified atom stereocenters. The molecule has 0 bridgehead atoms. The number of carbonyl (C=O) groups excluding carboxylic acids is 1. The summed E-state index contributed by atoms with van der Waals surface area (Å²) in [6.45, 7) is 6.54. The first-order valence-corrected chi connectivity index (χ1v) is 6.58. The number of carbonyl (C=O) groups is 2. The van der Waals surface area contributed by atoms with Gasteiger partial charge in [-0.2, -0.15) is 0 Å². The van der Waals surface area contributed by atoms with Crippen LogP contribution in [0.5, 0.6) is 0 Å². The summed E-state index contributed by atoms with van der Waals surface area (Å²) in [6, 6.07) is -0.461. The average Bonchev–Trinajstić information content (AvgIpc) is 2.36. The smallest absolute Gasteiger partial charge is 0.309 e. The van der Waals surface area contributed by atoms with E-state index in [9.17, 15) is 14.7 Å². The van der Waals surface area contributed by atoms with Crippen molar-refractivity contribution in [3.05, 3.63) is 0 Å². The summed E-state index contributed by atoms with van der Waals surface area (Å²) in [7, 11) is 0. The SMILES string of the molecule is CC[C@@H](N)C(=O)N1CCCC(C(C)(C)C(=O)O)C1. The van der Waals surface area contributed by atoms with Crippen molar-refractivity contribution < 1.29 is 14.7 Å². The van der Waals surface area contributed by atoms with Crippen LogP contribution in [0.15, 0.2) is 0 Å². The molecule has 3 N–H and O–H groups in total. The Hall–Kier alpha value is -1.10. The van der Waals surface area contributed by atoms with Crippen LogP contribution in [0.1, 0.15) is 40.0 Å². The number of carboxylic acids is 1. The van der Waals surface area contributed by atoms with Crippen molar-refractivity contribution in [2.45, 2.75) is 46.1 Å². The number of amides is 1. The lowest BCUT2D eigenvalue weighted by molar-refractivity contribution is -0.153. The molecule has 1 amide bonds. The third-order valence-corrected chi connectivity index (χ3v) is 4.06. The first-order valence-electron chi connectivity index (χ1n) is 6.58. The Labute approximate surface area is 108 Å². The Morgan fingerprint density at radius 3 is 2.61 bits per heavy atom. The van der Waals surface area contributed by atoms with Crippen LogP contribution in [0.4, 0.5) is 0 Å². The van der Waals surface area contributed by atoms with Gasteiger partial charge >= 0.3 is 5.97 Å². The standard InChI is InChI=1S/C13H24N2O3/c1-4-10(14)11(16)15-7-5-6-9(8-15)13(2,3)12(17)18/h9-10H,4-8,14H2,1-3H3,(H,17,18)/t9?,10-/m1/s1. The average molecular weight is 256 g/mol. The molecule has 0 aromatic carbocycles. The molecule has 1 rings (SSSR count). The molecule has 2 atom stereocenters. The van der Waals surface area contributed by atoms with Crippen molar-refractivity contribution >= 4 is 11.9 Å². The highest BCUT2D eigenvalue weighted by Gasteiger charge is 2.40. The second-order valence-corrected chi connectivity index (χ2v) is 5.66. The van der Waals surface area contributed by atoms with E-state index in [1.165, 1.54) is 0 Å². The van der Waals surface area contributed by atoms with E-state index in [1.807, 2.05) is 6.92 Å². The van der Waals surface area contributed by atoms with E-state index >= 15 is 0 Å². The number of hydrogen-bond donors (Lipinski definition) is 2. The Morgan fingerprint density at radius 2 is 2.11 bits per heavy atom. The fraction of sp³-hybridized carbons (Fsp3) is 0.846. The van der Waals surface area contributed by atoms with E-state index in [-0.39, 0.29) is 11.8 Å². The molecule has 1 aliphatic rings. The number of nitrogens with two attached hydrogens (primary N) is 1. The molecule has 18 heavy (non-hydrogen) atoms. The van der Waals surface area contributed by atoms with Crippen LogP contribution in [0, 0.1) is 11.3 Å². The van der Waals surface area contributed by atoms with Crippen molar-refractivity contribution in [1.82, 2.24) is 4.90 Å². The Kier molecular flexibility index (Phi) is 4.73. The van der Waals surface area contributed by atoms with E-state index in [0.717, 1.165) is 12.8 Å². The molecule has 1 fully saturated rings. The van der Waals surface area contributed by atoms with E-state index in [1.54, 1.807) is 18.7 Å². The van der Waals surface area contributed by atoms with E-state index in [0.29, 0.717) is 19.5 Å². The van der Waals surface area contributed by atoms with Crippen LogP contribution >= 0.6 is 0 Å². The highest BCUT2D eigenvalue weighted by molar-refractivity contribution is 5.82. The lowest BCUT2D eigenvalue weighted by Crippen LogP contribution is -2.51. The van der Waals surface area contributed by atoms with Gasteiger partial charge in [0.2, 0.25) is 5.91 Å². The third kappa shape index (κ3) is 3.02. The number of piperidine rings is 1. The van der Waals surface area contributed by atoms with Gasteiger partial charge in [-0.1, -0.05) is 6.92 Å². The predicted octanol–water partition coefficient (Wildman–Crippen LogP) is 1.07. The van der Waals surface area contributed by atoms with Crippen molar-refractivity contribution in [3.63, 3.8) is 0 Å². The van der Waals surface area contributed by atoms with Crippen LogP contribution < -0.4 is 5.73 Å². The lowest BCUT2D eigenvalue weighted by atomic mass is 9.74. The van der Waals surface area contributed by atoms with Gasteiger partial charge in [-0.15, -0.1) is 0 Å². The summed E-state index contributed by atoms with van der Waals surface area (Å²) < 4.78 is 0. The summed E-state index contributed by atoms with van der Waals surface area (Å²) in [4.78, 5) is 25.0. The molecule has 1 aliphatic heterocycles. The highest BCUT2D eigenvalue weighted by atomic mass is 16.4.